The smallest absolute Gasteiger partial charge is 0.119 e. The van der Waals surface area contributed by atoms with Crippen LogP contribution in [-0.2, 0) is 4.79 Å². The SMILES string of the molecule is O=CCCCC1C=Cc2ccccc2N1. The van der Waals surface area contributed by atoms with Crippen LogP contribution in [0.15, 0.2) is 30.3 Å². The van der Waals surface area contributed by atoms with Crippen molar-refractivity contribution >= 4 is 18.0 Å². The lowest BCUT2D eigenvalue weighted by Crippen LogP contribution is -2.19. The van der Waals surface area contributed by atoms with Crippen LogP contribution in [0, 0.1) is 0 Å². The van der Waals surface area contributed by atoms with E-state index in [1.807, 2.05) is 12.1 Å². The first-order chi connectivity index (χ1) is 7.40. The van der Waals surface area contributed by atoms with E-state index in [9.17, 15) is 4.79 Å². The van der Waals surface area contributed by atoms with Crippen LogP contribution in [0.2, 0.25) is 0 Å². The molecule has 0 spiro atoms. The standard InChI is InChI=1S/C13H15NO/c15-10-4-3-6-12-9-8-11-5-1-2-7-13(11)14-12/h1-2,5,7-10,12,14H,3-4,6H2. The number of carbonyl (C=O) groups excluding carboxylic acids is 1. The number of rotatable bonds is 4. The molecule has 2 nitrogen and oxygen atoms in total. The summed E-state index contributed by atoms with van der Waals surface area (Å²) in [5.41, 5.74) is 2.43. The molecule has 0 amide bonds. The van der Waals surface area contributed by atoms with E-state index in [1.165, 1.54) is 11.3 Å². The summed E-state index contributed by atoms with van der Waals surface area (Å²) < 4.78 is 0. The Bertz CT molecular complexity index is 371. The molecule has 1 aliphatic heterocycles. The van der Waals surface area contributed by atoms with Crippen LogP contribution < -0.4 is 5.32 Å². The average Bonchev–Trinajstić information content (AvgIpc) is 2.29. The Balaban J connectivity index is 1.97. The van der Waals surface area contributed by atoms with Crippen molar-refractivity contribution in [2.45, 2.75) is 25.3 Å². The largest absolute Gasteiger partial charge is 0.378 e. The van der Waals surface area contributed by atoms with Crippen molar-refractivity contribution in [1.82, 2.24) is 0 Å². The summed E-state index contributed by atoms with van der Waals surface area (Å²) in [5.74, 6) is 0. The number of hydrogen-bond acceptors (Lipinski definition) is 2. The fourth-order valence-electron chi connectivity index (χ4n) is 1.83. The Hall–Kier alpha value is -1.57. The molecule has 1 N–H and O–H groups in total. The van der Waals surface area contributed by atoms with Crippen LogP contribution in [0.5, 0.6) is 0 Å². The van der Waals surface area contributed by atoms with E-state index < -0.39 is 0 Å². The van der Waals surface area contributed by atoms with Crippen LogP contribution in [-0.4, -0.2) is 12.3 Å². The van der Waals surface area contributed by atoms with E-state index in [4.69, 9.17) is 0 Å². The van der Waals surface area contributed by atoms with Gasteiger partial charge in [-0.1, -0.05) is 30.4 Å². The molecule has 0 saturated carbocycles. The molecule has 0 aromatic heterocycles. The minimum absolute atomic E-state index is 0.375. The lowest BCUT2D eigenvalue weighted by Gasteiger charge is -2.21. The predicted molar refractivity (Wildman–Crippen MR) is 62.8 cm³/mol. The summed E-state index contributed by atoms with van der Waals surface area (Å²) in [6, 6.07) is 8.64. The molecule has 0 fully saturated rings. The van der Waals surface area contributed by atoms with Gasteiger partial charge in [0, 0.05) is 18.2 Å². The maximum atomic E-state index is 10.2. The highest BCUT2D eigenvalue weighted by atomic mass is 16.1. The first kappa shape index (κ1) is 9.97. The third-order valence-corrected chi connectivity index (χ3v) is 2.65. The maximum Gasteiger partial charge on any atom is 0.119 e. The second-order valence-corrected chi connectivity index (χ2v) is 3.79. The molecule has 1 aromatic rings. The molecule has 1 atom stereocenters. The molecule has 0 aliphatic carbocycles. The molecule has 1 aromatic carbocycles. The van der Waals surface area contributed by atoms with Crippen molar-refractivity contribution < 1.29 is 4.79 Å². The highest BCUT2D eigenvalue weighted by Crippen LogP contribution is 2.23. The zero-order valence-electron chi connectivity index (χ0n) is 8.65. The number of para-hydroxylation sites is 1. The van der Waals surface area contributed by atoms with Gasteiger partial charge in [0.2, 0.25) is 0 Å². The van der Waals surface area contributed by atoms with Gasteiger partial charge in [0.05, 0.1) is 0 Å². The van der Waals surface area contributed by atoms with Crippen LogP contribution in [0.25, 0.3) is 6.08 Å². The predicted octanol–water partition coefficient (Wildman–Crippen LogP) is 2.86. The monoisotopic (exact) mass is 201 g/mol. The van der Waals surface area contributed by atoms with E-state index in [-0.39, 0.29) is 0 Å². The number of anilines is 1. The molecule has 1 aliphatic rings. The molecule has 0 bridgehead atoms. The fraction of sp³-hybridized carbons (Fsp3) is 0.308. The number of carbonyl (C=O) groups is 1. The van der Waals surface area contributed by atoms with Crippen LogP contribution >= 0.6 is 0 Å². The number of benzene rings is 1. The number of hydrogen-bond donors (Lipinski definition) is 1. The molecule has 2 rings (SSSR count). The second kappa shape index (κ2) is 4.78. The number of nitrogens with one attached hydrogen (secondary N) is 1. The summed E-state index contributed by atoms with van der Waals surface area (Å²) in [6.45, 7) is 0. The minimum atomic E-state index is 0.375. The van der Waals surface area contributed by atoms with Crippen molar-refractivity contribution in [3.63, 3.8) is 0 Å². The summed E-state index contributed by atoms with van der Waals surface area (Å²) in [6.07, 6.45) is 7.94. The second-order valence-electron chi connectivity index (χ2n) is 3.79. The van der Waals surface area contributed by atoms with Crippen LogP contribution in [0.3, 0.4) is 0 Å². The third kappa shape index (κ3) is 2.46. The highest BCUT2D eigenvalue weighted by Gasteiger charge is 2.10. The summed E-state index contributed by atoms with van der Waals surface area (Å²) in [7, 11) is 0. The van der Waals surface area contributed by atoms with Gasteiger partial charge in [-0.3, -0.25) is 0 Å². The normalized spacial score (nSPS) is 18.0. The van der Waals surface area contributed by atoms with Crippen molar-refractivity contribution in [2.75, 3.05) is 5.32 Å². The quantitative estimate of drug-likeness (QED) is 0.599. The van der Waals surface area contributed by atoms with E-state index >= 15 is 0 Å². The number of unbranched alkanes of at least 4 members (excludes halogenated alkanes) is 1. The van der Waals surface area contributed by atoms with Crippen LogP contribution in [0.4, 0.5) is 5.69 Å². The Morgan fingerprint density at radius 1 is 1.33 bits per heavy atom. The molecule has 2 heteroatoms. The van der Waals surface area contributed by atoms with Crippen molar-refractivity contribution in [1.29, 1.82) is 0 Å². The summed E-state index contributed by atoms with van der Waals surface area (Å²) in [5, 5.41) is 3.45. The Morgan fingerprint density at radius 2 is 2.20 bits per heavy atom. The molecule has 1 unspecified atom stereocenters. The van der Waals surface area contributed by atoms with Gasteiger partial charge < -0.3 is 10.1 Å². The number of aldehydes is 1. The number of fused-ring (bicyclic) bond motifs is 1. The molecule has 78 valence electrons. The topological polar surface area (TPSA) is 29.1 Å². The van der Waals surface area contributed by atoms with Gasteiger partial charge in [-0.05, 0) is 24.5 Å². The van der Waals surface area contributed by atoms with Gasteiger partial charge in [-0.25, -0.2) is 0 Å². The van der Waals surface area contributed by atoms with E-state index in [1.54, 1.807) is 0 Å². The molecular weight excluding hydrogens is 186 g/mol. The molecule has 0 radical (unpaired) electrons. The third-order valence-electron chi connectivity index (χ3n) is 2.65. The maximum absolute atomic E-state index is 10.2. The van der Waals surface area contributed by atoms with Crippen molar-refractivity contribution in [2.24, 2.45) is 0 Å². The lowest BCUT2D eigenvalue weighted by molar-refractivity contribution is -0.107. The Labute approximate surface area is 90.0 Å². The van der Waals surface area contributed by atoms with Crippen LogP contribution in [0.1, 0.15) is 24.8 Å². The lowest BCUT2D eigenvalue weighted by atomic mass is 10.0. The molecule has 1 heterocycles. The van der Waals surface area contributed by atoms with Gasteiger partial charge in [0.25, 0.3) is 0 Å². The Morgan fingerprint density at radius 3 is 3.07 bits per heavy atom. The van der Waals surface area contributed by atoms with E-state index in [0.717, 1.165) is 19.1 Å². The van der Waals surface area contributed by atoms with E-state index in [2.05, 4.69) is 29.6 Å². The van der Waals surface area contributed by atoms with Gasteiger partial charge in [0.15, 0.2) is 0 Å². The molecule has 0 saturated heterocycles. The summed E-state index contributed by atoms with van der Waals surface area (Å²) >= 11 is 0. The van der Waals surface area contributed by atoms with Crippen molar-refractivity contribution in [3.05, 3.63) is 35.9 Å². The molecule has 15 heavy (non-hydrogen) atoms. The summed E-state index contributed by atoms with van der Waals surface area (Å²) in [4.78, 5) is 10.2. The first-order valence-corrected chi connectivity index (χ1v) is 5.37. The highest BCUT2D eigenvalue weighted by molar-refractivity contribution is 5.70. The first-order valence-electron chi connectivity index (χ1n) is 5.37. The molecular formula is C13H15NO. The zero-order chi connectivity index (χ0) is 10.5. The zero-order valence-corrected chi connectivity index (χ0v) is 8.65. The van der Waals surface area contributed by atoms with Crippen molar-refractivity contribution in [3.8, 4) is 0 Å². The Kier molecular flexibility index (Phi) is 3.18. The van der Waals surface area contributed by atoms with Gasteiger partial charge in [-0.2, -0.15) is 0 Å². The van der Waals surface area contributed by atoms with E-state index in [0.29, 0.717) is 12.5 Å². The van der Waals surface area contributed by atoms with Gasteiger partial charge in [0.1, 0.15) is 6.29 Å². The fourth-order valence-corrected chi connectivity index (χ4v) is 1.83. The average molecular weight is 201 g/mol. The minimum Gasteiger partial charge on any atom is -0.378 e. The van der Waals surface area contributed by atoms with Gasteiger partial charge >= 0.3 is 0 Å². The van der Waals surface area contributed by atoms with Gasteiger partial charge in [-0.15, -0.1) is 0 Å².